The number of rotatable bonds is 5. The molecule has 4 rings (SSSR count). The van der Waals surface area contributed by atoms with Crippen molar-refractivity contribution in [2.24, 2.45) is 5.41 Å². The number of carbonyl (C=O) groups excluding carboxylic acids is 1. The molecule has 1 atom stereocenters. The summed E-state index contributed by atoms with van der Waals surface area (Å²) in [6.45, 7) is 11.2. The molecule has 0 spiro atoms. The van der Waals surface area contributed by atoms with Crippen molar-refractivity contribution in [1.82, 2.24) is 19.4 Å². The first-order valence-corrected chi connectivity index (χ1v) is 11.9. The van der Waals surface area contributed by atoms with Crippen LogP contribution in [0.3, 0.4) is 0 Å². The van der Waals surface area contributed by atoms with Gasteiger partial charge in [0.15, 0.2) is 0 Å². The molecule has 0 bridgehead atoms. The van der Waals surface area contributed by atoms with Gasteiger partial charge < -0.3 is 14.2 Å². The topological polar surface area (TPSA) is 74.4 Å². The highest BCUT2D eigenvalue weighted by Gasteiger charge is 2.40. The van der Waals surface area contributed by atoms with Crippen LogP contribution in [0, 0.1) is 16.7 Å². The molecule has 1 aliphatic carbocycles. The van der Waals surface area contributed by atoms with Crippen molar-refractivity contribution in [2.75, 3.05) is 26.2 Å². The molecule has 1 aliphatic heterocycles. The summed E-state index contributed by atoms with van der Waals surface area (Å²) in [5, 5.41) is 8.98. The quantitative estimate of drug-likeness (QED) is 0.676. The van der Waals surface area contributed by atoms with E-state index < -0.39 is 0 Å². The molecule has 33 heavy (non-hydrogen) atoms. The lowest BCUT2D eigenvalue weighted by Gasteiger charge is -2.43. The maximum Gasteiger partial charge on any atom is 0.410 e. The third-order valence-electron chi connectivity index (χ3n) is 7.00. The molecule has 1 saturated carbocycles. The van der Waals surface area contributed by atoms with E-state index in [9.17, 15) is 4.79 Å². The molecule has 1 aromatic heterocycles. The van der Waals surface area contributed by atoms with Crippen LogP contribution in [0.2, 0.25) is 0 Å². The molecule has 1 saturated heterocycles. The Morgan fingerprint density at radius 1 is 1.09 bits per heavy atom. The van der Waals surface area contributed by atoms with Crippen LogP contribution in [-0.2, 0) is 17.8 Å². The lowest BCUT2D eigenvalue weighted by Crippen LogP contribution is -2.51. The van der Waals surface area contributed by atoms with Gasteiger partial charge in [0.2, 0.25) is 0 Å². The number of benzene rings is 1. The van der Waals surface area contributed by atoms with E-state index in [4.69, 9.17) is 10.00 Å². The van der Waals surface area contributed by atoms with Gasteiger partial charge in [0.1, 0.15) is 5.60 Å². The number of nitriles is 1. The highest BCUT2D eigenvalue weighted by molar-refractivity contribution is 5.68. The second kappa shape index (κ2) is 9.56. The first-order valence-electron chi connectivity index (χ1n) is 11.9. The van der Waals surface area contributed by atoms with Crippen LogP contribution in [0.25, 0.3) is 0 Å². The van der Waals surface area contributed by atoms with Gasteiger partial charge in [0.25, 0.3) is 0 Å². The minimum absolute atomic E-state index is 0.166. The Balaban J connectivity index is 1.28. The highest BCUT2D eigenvalue weighted by Crippen LogP contribution is 2.42. The summed E-state index contributed by atoms with van der Waals surface area (Å²) in [6.07, 6.45) is 7.78. The van der Waals surface area contributed by atoms with E-state index >= 15 is 0 Å². The van der Waals surface area contributed by atoms with Crippen LogP contribution in [0.15, 0.2) is 36.8 Å². The van der Waals surface area contributed by atoms with Crippen LogP contribution < -0.4 is 0 Å². The average Bonchev–Trinajstić information content (AvgIpc) is 3.20. The summed E-state index contributed by atoms with van der Waals surface area (Å²) in [5.41, 5.74) is 2.83. The summed E-state index contributed by atoms with van der Waals surface area (Å²) >= 11 is 0. The largest absolute Gasteiger partial charge is 0.443 e. The molecule has 7 nitrogen and oxygen atoms in total. The minimum Gasteiger partial charge on any atom is -0.443 e. The summed E-state index contributed by atoms with van der Waals surface area (Å²) < 4.78 is 8.18. The average molecular weight is 450 g/mol. The molecule has 2 aliphatic rings. The maximum atomic E-state index is 12.9. The van der Waals surface area contributed by atoms with Crippen LogP contribution >= 0.6 is 0 Å². The molecule has 2 heterocycles. The SMILES string of the molecule is CC1(C)CCCC(C)(OC(=O)N2CCN(Cc3cncn3Cc3ccc(C#N)cc3)CC2)C1. The standard InChI is InChI=1S/C26H35N5O2/c1-25(2)9-4-10-26(3,19-25)33-24(32)30-13-11-29(12-14-30)18-23-16-28-20-31(23)17-22-7-5-21(15-27)6-8-22/h5-8,16,20H,4,9-14,17-19H2,1-3H3. The zero-order valence-corrected chi connectivity index (χ0v) is 20.1. The molecule has 2 fully saturated rings. The number of nitrogens with zero attached hydrogens (tertiary/aromatic N) is 5. The third kappa shape index (κ3) is 5.94. The number of ether oxygens (including phenoxy) is 1. The van der Waals surface area contributed by atoms with E-state index in [1.165, 1.54) is 6.42 Å². The van der Waals surface area contributed by atoms with Gasteiger partial charge in [-0.05, 0) is 55.7 Å². The smallest absolute Gasteiger partial charge is 0.410 e. The van der Waals surface area contributed by atoms with Gasteiger partial charge in [-0.1, -0.05) is 26.0 Å². The molecule has 1 unspecified atom stereocenters. The zero-order chi connectivity index (χ0) is 23.5. The van der Waals surface area contributed by atoms with Gasteiger partial charge >= 0.3 is 6.09 Å². The molecular weight excluding hydrogens is 414 g/mol. The van der Waals surface area contributed by atoms with Gasteiger partial charge in [0, 0.05) is 45.5 Å². The van der Waals surface area contributed by atoms with Gasteiger partial charge in [-0.15, -0.1) is 0 Å². The molecule has 7 heteroatoms. The Hall–Kier alpha value is -2.85. The van der Waals surface area contributed by atoms with Crippen molar-refractivity contribution in [2.45, 2.75) is 65.1 Å². The van der Waals surface area contributed by atoms with Gasteiger partial charge in [-0.3, -0.25) is 4.90 Å². The molecular formula is C26H35N5O2. The minimum atomic E-state index is -0.353. The van der Waals surface area contributed by atoms with Crippen LogP contribution in [0.5, 0.6) is 0 Å². The first-order chi connectivity index (χ1) is 15.8. The fraction of sp³-hybridized carbons (Fsp3) is 0.577. The molecule has 1 amide bonds. The first kappa shape index (κ1) is 23.3. The highest BCUT2D eigenvalue weighted by atomic mass is 16.6. The van der Waals surface area contributed by atoms with Crippen molar-refractivity contribution in [3.8, 4) is 6.07 Å². The Kier molecular flexibility index (Phi) is 6.76. The van der Waals surface area contributed by atoms with E-state index in [0.29, 0.717) is 18.7 Å². The van der Waals surface area contributed by atoms with Gasteiger partial charge in [-0.2, -0.15) is 5.26 Å². The van der Waals surface area contributed by atoms with E-state index in [0.717, 1.165) is 56.7 Å². The van der Waals surface area contributed by atoms with Crippen LogP contribution in [-0.4, -0.2) is 57.2 Å². The summed E-state index contributed by atoms with van der Waals surface area (Å²) in [6, 6.07) is 9.82. The normalized spacial score (nSPS) is 23.2. The summed E-state index contributed by atoms with van der Waals surface area (Å²) in [5.74, 6) is 0. The lowest BCUT2D eigenvalue weighted by molar-refractivity contribution is -0.0543. The van der Waals surface area contributed by atoms with Gasteiger partial charge in [0.05, 0.1) is 23.7 Å². The van der Waals surface area contributed by atoms with Crippen molar-refractivity contribution in [3.05, 3.63) is 53.6 Å². The van der Waals surface area contributed by atoms with Gasteiger partial charge in [-0.25, -0.2) is 9.78 Å². The predicted molar refractivity (Wildman–Crippen MR) is 126 cm³/mol. The van der Waals surface area contributed by atoms with Crippen LogP contribution in [0.1, 0.15) is 63.3 Å². The summed E-state index contributed by atoms with van der Waals surface area (Å²) in [7, 11) is 0. The molecule has 0 N–H and O–H groups in total. The molecule has 2 aromatic rings. The monoisotopic (exact) mass is 449 g/mol. The number of hydrogen-bond acceptors (Lipinski definition) is 5. The fourth-order valence-electron chi connectivity index (χ4n) is 5.31. The number of carbonyl (C=O) groups is 1. The van der Waals surface area contributed by atoms with E-state index in [-0.39, 0.29) is 17.1 Å². The van der Waals surface area contributed by atoms with Crippen molar-refractivity contribution >= 4 is 6.09 Å². The van der Waals surface area contributed by atoms with Crippen molar-refractivity contribution in [3.63, 3.8) is 0 Å². The number of amides is 1. The number of piperazine rings is 1. The Bertz CT molecular complexity index is 998. The van der Waals surface area contributed by atoms with Crippen molar-refractivity contribution in [1.29, 1.82) is 5.26 Å². The maximum absolute atomic E-state index is 12.9. The Morgan fingerprint density at radius 2 is 1.82 bits per heavy atom. The fourth-order valence-corrected chi connectivity index (χ4v) is 5.31. The van der Waals surface area contributed by atoms with E-state index in [2.05, 4.69) is 41.3 Å². The van der Waals surface area contributed by atoms with E-state index in [1.807, 2.05) is 41.7 Å². The van der Waals surface area contributed by atoms with Crippen LogP contribution in [0.4, 0.5) is 4.79 Å². The predicted octanol–water partition coefficient (Wildman–Crippen LogP) is 4.42. The number of hydrogen-bond donors (Lipinski definition) is 0. The Morgan fingerprint density at radius 3 is 2.48 bits per heavy atom. The third-order valence-corrected chi connectivity index (χ3v) is 7.00. The van der Waals surface area contributed by atoms with Crippen molar-refractivity contribution < 1.29 is 9.53 Å². The second-order valence-electron chi connectivity index (χ2n) is 10.6. The molecule has 176 valence electrons. The van der Waals surface area contributed by atoms with E-state index in [1.54, 1.807) is 0 Å². The molecule has 1 aromatic carbocycles. The Labute approximate surface area is 197 Å². The number of aromatic nitrogens is 2. The summed E-state index contributed by atoms with van der Waals surface area (Å²) in [4.78, 5) is 21.4. The number of imidazole rings is 1. The zero-order valence-electron chi connectivity index (χ0n) is 20.1. The second-order valence-corrected chi connectivity index (χ2v) is 10.6. The lowest BCUT2D eigenvalue weighted by atomic mass is 9.70. The molecule has 0 radical (unpaired) electrons.